The van der Waals surface area contributed by atoms with Crippen LogP contribution in [0.2, 0.25) is 19.6 Å². The first-order valence-corrected chi connectivity index (χ1v) is 60.7. The van der Waals surface area contributed by atoms with E-state index in [1.54, 1.807) is 123 Å². The molecule has 0 fully saturated rings. The van der Waals surface area contributed by atoms with Gasteiger partial charge < -0.3 is 35.3 Å². The number of phenolic OH excluding ortho intramolecular Hbond substituents is 6. The zero-order valence-corrected chi connectivity index (χ0v) is 79.4. The Hall–Kier alpha value is -3.59. The first-order chi connectivity index (χ1) is 52.3. The maximum atomic E-state index is 9.69. The van der Waals surface area contributed by atoms with Gasteiger partial charge in [0.05, 0.1) is 28.3 Å². The van der Waals surface area contributed by atoms with Crippen LogP contribution in [0.3, 0.4) is 0 Å². The molecule has 1 aromatic heterocycles. The molecule has 11 aromatic rings. The summed E-state index contributed by atoms with van der Waals surface area (Å²) in [6.45, 7) is 14.6. The van der Waals surface area contributed by atoms with Gasteiger partial charge in [0.2, 0.25) is 0 Å². The van der Waals surface area contributed by atoms with E-state index in [2.05, 4.69) is 60.3 Å². The Bertz CT molecular complexity index is 4450. The van der Waals surface area contributed by atoms with Crippen molar-refractivity contribution in [2.24, 2.45) is 29.6 Å². The fraction of sp³-hybridized carbons (Fsp3) is 0.104. The predicted molar refractivity (Wildman–Crippen MR) is 452 cm³/mol. The molecule has 0 aliphatic carbocycles. The quantitative estimate of drug-likeness (QED) is 0.0545. The number of aliphatic imine (C=N–C) groups is 5. The van der Waals surface area contributed by atoms with Crippen LogP contribution in [0.1, 0.15) is 55.6 Å². The van der Waals surface area contributed by atoms with E-state index in [-0.39, 0.29) is 28.7 Å². The van der Waals surface area contributed by atoms with Gasteiger partial charge in [-0.05, 0) is 179 Å². The van der Waals surface area contributed by atoms with Gasteiger partial charge >= 0.3 is 214 Å². The SMILES string of the molecule is CN=Cc1ccccc1O.C[Si](C)(C)N=Cc1ccccc1O.Cc1ccc(C)c(N=Cc2ccccc2O)c1.Cc1ccc(N=Cc2ccccc2O)cc1.Cc1cccc(N=Cc2ccccc2O)c1.Oc1ccccc1C=Nc1cccc2cccnc12.[Cl][Ti][Cl].[Cl][Ti][Cl].[Cl][Ti][Cl].[Cl][Ti][Cl].[Cl][Ti][Cl].[Cl][Ti][Cl]. The summed E-state index contributed by atoms with van der Waals surface area (Å²) >= 11 is -3.33. The number of aromatic nitrogens is 1. The second kappa shape index (κ2) is 67.7. The van der Waals surface area contributed by atoms with Crippen molar-refractivity contribution in [1.82, 2.24) is 4.98 Å². The summed E-state index contributed by atoms with van der Waals surface area (Å²) in [7, 11) is 58.9. The molecule has 568 valence electrons. The van der Waals surface area contributed by atoms with E-state index < -0.39 is 110 Å². The summed E-state index contributed by atoms with van der Waals surface area (Å²) in [4.78, 5) is 25.6. The normalized spacial score (nSPS) is 10.0. The average molecular weight is 1940 g/mol. The van der Waals surface area contributed by atoms with Gasteiger partial charge in [-0.15, -0.1) is 0 Å². The number of pyridine rings is 1. The molecule has 0 saturated heterocycles. The van der Waals surface area contributed by atoms with Gasteiger partial charge in [-0.1, -0.05) is 133 Å². The molecular weight excluding hydrogens is 1860 g/mol. The van der Waals surface area contributed by atoms with Crippen molar-refractivity contribution >= 4 is 191 Å². The van der Waals surface area contributed by atoms with Crippen LogP contribution in [0.25, 0.3) is 10.9 Å². The first-order valence-electron chi connectivity index (χ1n) is 31.5. The Morgan fingerprint density at radius 2 is 0.633 bits per heavy atom. The molecule has 13 nitrogen and oxygen atoms in total. The second-order valence-corrected chi connectivity index (χ2v) is 42.0. The Labute approximate surface area is 741 Å². The van der Waals surface area contributed by atoms with Crippen molar-refractivity contribution in [3.63, 3.8) is 0 Å². The minimum atomic E-state index is -1.40. The minimum absolute atomic E-state index is 0.222. The summed E-state index contributed by atoms with van der Waals surface area (Å²) in [5, 5.41) is 58.0. The Kier molecular flexibility index (Phi) is 65.5. The van der Waals surface area contributed by atoms with Crippen molar-refractivity contribution in [3.8, 4) is 34.5 Å². The number of aryl methyl sites for hydroxylation is 4. The van der Waals surface area contributed by atoms with E-state index in [1.807, 2.05) is 191 Å². The van der Waals surface area contributed by atoms with Crippen molar-refractivity contribution in [3.05, 3.63) is 304 Å². The van der Waals surface area contributed by atoms with Gasteiger partial charge in [-0.25, -0.2) is 0 Å². The first kappa shape index (κ1) is 105. The van der Waals surface area contributed by atoms with Crippen LogP contribution >= 0.6 is 112 Å². The number of benzene rings is 10. The fourth-order valence-electron chi connectivity index (χ4n) is 7.94. The molecule has 0 amide bonds. The number of hydrogen-bond donors (Lipinski definition) is 6. The van der Waals surface area contributed by atoms with Crippen molar-refractivity contribution in [2.75, 3.05) is 7.05 Å². The van der Waals surface area contributed by atoms with E-state index in [0.29, 0.717) is 11.3 Å². The third-order valence-corrected chi connectivity index (χ3v) is 13.8. The van der Waals surface area contributed by atoms with Crippen molar-refractivity contribution < 1.29 is 133 Å². The third-order valence-electron chi connectivity index (χ3n) is 12.9. The molecule has 0 bridgehead atoms. The summed E-state index contributed by atoms with van der Waals surface area (Å²) in [5.41, 5.74) is 13.5. The summed E-state index contributed by atoms with van der Waals surface area (Å²) in [6.07, 6.45) is 11.8. The van der Waals surface area contributed by atoms with E-state index >= 15 is 0 Å². The van der Waals surface area contributed by atoms with Crippen LogP contribution in [-0.2, 0) is 102 Å². The molecule has 109 heavy (non-hydrogen) atoms. The van der Waals surface area contributed by atoms with E-state index in [9.17, 15) is 25.5 Å². The average Bonchev–Trinajstić information content (AvgIpc) is 0.826. The van der Waals surface area contributed by atoms with Gasteiger partial charge in [0.25, 0.3) is 0 Å². The molecule has 0 aliphatic rings. The van der Waals surface area contributed by atoms with E-state index in [4.69, 9.17) is 117 Å². The van der Waals surface area contributed by atoms with Crippen molar-refractivity contribution in [2.45, 2.75) is 47.3 Å². The van der Waals surface area contributed by atoms with Crippen LogP contribution in [0.15, 0.2) is 278 Å². The van der Waals surface area contributed by atoms with Crippen LogP contribution in [-0.4, -0.2) is 88.2 Å². The molecule has 0 saturated carbocycles. The second-order valence-electron chi connectivity index (χ2n) is 21.9. The number of para-hydroxylation sites is 7. The van der Waals surface area contributed by atoms with Gasteiger partial charge in [-0.2, -0.15) is 0 Å². The van der Waals surface area contributed by atoms with Crippen LogP contribution in [0, 0.1) is 27.7 Å². The number of fused-ring (bicyclic) bond motifs is 1. The zero-order chi connectivity index (χ0) is 81.6. The molecule has 6 N–H and O–H groups in total. The number of halogens is 12. The summed E-state index contributed by atoms with van der Waals surface area (Å²) < 4.78 is 4.44. The van der Waals surface area contributed by atoms with E-state index in [1.165, 1.54) is 16.7 Å². The van der Waals surface area contributed by atoms with Crippen LogP contribution in [0.5, 0.6) is 34.5 Å². The van der Waals surface area contributed by atoms with Gasteiger partial charge in [0.1, 0.15) is 34.5 Å². The molecule has 10 aromatic carbocycles. The number of hydrogen-bond acceptors (Lipinski definition) is 13. The molecule has 0 radical (unpaired) electrons. The third kappa shape index (κ3) is 51.8. The standard InChI is InChI=1S/C16H12N2O.C15H15NO.2C14H13NO.C10H15NOSi.C8H9NO.12ClH.6Ti/c19-15-9-2-1-5-13(15)11-18-14-8-3-6-12-7-4-10-17-16(12)14;1-11-7-8-12(2)14(9-11)16-10-13-5-3-4-6-15(13)17;1-11-5-4-7-13(9-11)15-10-12-6-2-3-8-14(12)16;1-11-6-8-13(9-7-11)15-10-12-4-2-3-5-14(12)16;1-13(2,3)11-8-9-6-4-5-7-10(9)12;1-9-6-7-4-2-3-5-8(7)10;;;;;;;;;;;;;;;;;;/h1-11,19H;3-10,17H,1-2H3;2*2-10,16H,1H3;4-8,12H,1-3H3;2-6,10H,1H3;12*1H;;;;;;/q;;;;;;;;;;;;;;;;;;6*+2/p-12. The van der Waals surface area contributed by atoms with E-state index in [0.717, 1.165) is 67.0 Å². The Balaban J connectivity index is 0.00000124. The molecule has 1 heterocycles. The number of nitrogens with zero attached hydrogens (tertiary/aromatic N) is 7. The topological polar surface area (TPSA) is 208 Å². The number of phenols is 6. The molecule has 0 spiro atoms. The molecule has 32 heteroatoms. The summed E-state index contributed by atoms with van der Waals surface area (Å²) in [5.74, 6) is 1.54. The van der Waals surface area contributed by atoms with Gasteiger partial charge in [0.15, 0.2) is 8.24 Å². The molecule has 0 aliphatic heterocycles. The summed E-state index contributed by atoms with van der Waals surface area (Å²) in [6, 6.07) is 74.6. The van der Waals surface area contributed by atoms with Gasteiger partial charge in [-0.3, -0.25) is 29.9 Å². The fourth-order valence-corrected chi connectivity index (χ4v) is 8.47. The maximum absolute atomic E-state index is 9.69. The monoisotopic (exact) mass is 1930 g/mol. The van der Waals surface area contributed by atoms with Crippen LogP contribution in [0.4, 0.5) is 22.7 Å². The molecule has 11 rings (SSSR count). The van der Waals surface area contributed by atoms with Crippen molar-refractivity contribution in [1.29, 1.82) is 0 Å². The number of rotatable bonds is 11. The molecule has 0 atom stereocenters. The predicted octanol–water partition coefficient (Wildman–Crippen LogP) is 26.7. The number of aromatic hydroxyl groups is 6. The molecule has 0 unspecified atom stereocenters. The zero-order valence-electron chi connectivity index (χ0n) is 60.0. The molecular formula is C77H77Cl12N7O6SiTi6. The van der Waals surface area contributed by atoms with Gasteiger partial charge in [0, 0.05) is 89.3 Å². The Morgan fingerprint density at radius 1 is 0.312 bits per heavy atom. The van der Waals surface area contributed by atoms with Crippen LogP contribution < -0.4 is 0 Å². The Morgan fingerprint density at radius 3 is 1.01 bits per heavy atom.